The molecule has 2 rings (SSSR count). The number of allylic oxidation sites excluding steroid dienone is 7. The molecule has 0 amide bonds. The van der Waals surface area contributed by atoms with E-state index in [1.807, 2.05) is 18.2 Å². The highest BCUT2D eigenvalue weighted by Gasteiger charge is 2.45. The Bertz CT molecular complexity index is 514. The van der Waals surface area contributed by atoms with Gasteiger partial charge in [-0.2, -0.15) is 0 Å². The Labute approximate surface area is 142 Å². The van der Waals surface area contributed by atoms with E-state index in [4.69, 9.17) is 0 Å². The standard InChI is InChI=1S/C22H33N/c1-6-10-12-17(11-7-2)13-18(8-3)20-14-21(20)23-19-15-22(5,9-4)16-19/h6-7,10-13,19-21,23H,1-2,8-9,14-16H2,3-5H3/b12-10-,17-11+,18-13+/t19?,20-,21+,22?/m0/s1. The van der Waals surface area contributed by atoms with Crippen molar-refractivity contribution in [3.8, 4) is 0 Å². The molecule has 0 spiro atoms. The maximum absolute atomic E-state index is 3.88. The van der Waals surface area contributed by atoms with Crippen LogP contribution in [0.1, 0.15) is 52.9 Å². The Balaban J connectivity index is 1.91. The first-order valence-electron chi connectivity index (χ1n) is 9.13. The van der Waals surface area contributed by atoms with Crippen molar-refractivity contribution in [1.82, 2.24) is 5.32 Å². The molecular weight excluding hydrogens is 278 g/mol. The van der Waals surface area contributed by atoms with Crippen molar-refractivity contribution < 1.29 is 0 Å². The smallest absolute Gasteiger partial charge is 0.0142 e. The Morgan fingerprint density at radius 1 is 1.22 bits per heavy atom. The minimum absolute atomic E-state index is 0.598. The zero-order valence-corrected chi connectivity index (χ0v) is 15.1. The van der Waals surface area contributed by atoms with Gasteiger partial charge >= 0.3 is 0 Å². The molecule has 126 valence electrons. The van der Waals surface area contributed by atoms with Crippen LogP contribution >= 0.6 is 0 Å². The Morgan fingerprint density at radius 3 is 2.52 bits per heavy atom. The predicted octanol–water partition coefficient (Wildman–Crippen LogP) is 5.73. The second-order valence-corrected chi connectivity index (χ2v) is 7.45. The van der Waals surface area contributed by atoms with Crippen LogP contribution in [0.4, 0.5) is 0 Å². The Hall–Kier alpha value is -1.34. The summed E-state index contributed by atoms with van der Waals surface area (Å²) in [5.74, 6) is 0.721. The molecule has 0 aliphatic heterocycles. The van der Waals surface area contributed by atoms with Crippen molar-refractivity contribution >= 4 is 0 Å². The average Bonchev–Trinajstić information content (AvgIpc) is 3.27. The minimum atomic E-state index is 0.598. The van der Waals surface area contributed by atoms with Crippen LogP contribution in [0.3, 0.4) is 0 Å². The molecule has 1 heteroatoms. The fraction of sp³-hybridized carbons (Fsp3) is 0.545. The summed E-state index contributed by atoms with van der Waals surface area (Å²) in [7, 11) is 0. The van der Waals surface area contributed by atoms with E-state index in [0.29, 0.717) is 11.5 Å². The van der Waals surface area contributed by atoms with E-state index < -0.39 is 0 Å². The second-order valence-electron chi connectivity index (χ2n) is 7.45. The molecule has 2 aliphatic carbocycles. The van der Waals surface area contributed by atoms with Crippen molar-refractivity contribution in [3.05, 3.63) is 60.8 Å². The van der Waals surface area contributed by atoms with E-state index in [1.165, 1.54) is 31.3 Å². The molecule has 0 heterocycles. The molecule has 1 nitrogen and oxygen atoms in total. The molecule has 23 heavy (non-hydrogen) atoms. The van der Waals surface area contributed by atoms with Gasteiger partial charge in [-0.15, -0.1) is 0 Å². The molecule has 2 saturated carbocycles. The van der Waals surface area contributed by atoms with Gasteiger partial charge < -0.3 is 5.32 Å². The first kappa shape index (κ1) is 18.0. The fourth-order valence-electron chi connectivity index (χ4n) is 3.78. The predicted molar refractivity (Wildman–Crippen MR) is 102 cm³/mol. The average molecular weight is 312 g/mol. The third kappa shape index (κ3) is 4.81. The lowest BCUT2D eigenvalue weighted by atomic mass is 9.65. The van der Waals surface area contributed by atoms with Crippen molar-refractivity contribution in [1.29, 1.82) is 0 Å². The maximum atomic E-state index is 3.88. The van der Waals surface area contributed by atoms with Crippen molar-refractivity contribution in [3.63, 3.8) is 0 Å². The normalized spacial score (nSPS) is 34.3. The number of rotatable bonds is 9. The van der Waals surface area contributed by atoms with Gasteiger partial charge in [-0.05, 0) is 42.6 Å². The summed E-state index contributed by atoms with van der Waals surface area (Å²) < 4.78 is 0. The van der Waals surface area contributed by atoms with Crippen LogP contribution in [0.25, 0.3) is 0 Å². The summed E-state index contributed by atoms with van der Waals surface area (Å²) in [5, 5.41) is 3.88. The van der Waals surface area contributed by atoms with E-state index in [1.54, 1.807) is 5.57 Å². The first-order chi connectivity index (χ1) is 11.0. The topological polar surface area (TPSA) is 12.0 Å². The van der Waals surface area contributed by atoms with Crippen LogP contribution in [0.15, 0.2) is 60.8 Å². The highest BCUT2D eigenvalue weighted by Crippen LogP contribution is 2.46. The monoisotopic (exact) mass is 311 g/mol. The molecule has 0 aromatic rings. The van der Waals surface area contributed by atoms with E-state index in [2.05, 4.69) is 57.5 Å². The molecule has 0 saturated heterocycles. The zero-order chi connectivity index (χ0) is 16.9. The molecule has 2 aliphatic rings. The maximum Gasteiger partial charge on any atom is 0.0142 e. The van der Waals surface area contributed by atoms with Gasteiger partial charge in [0.05, 0.1) is 0 Å². The number of hydrogen-bond donors (Lipinski definition) is 1. The molecule has 2 fully saturated rings. The van der Waals surface area contributed by atoms with Crippen LogP contribution in [0.5, 0.6) is 0 Å². The van der Waals surface area contributed by atoms with E-state index in [0.717, 1.165) is 18.4 Å². The summed E-state index contributed by atoms with van der Waals surface area (Å²) >= 11 is 0. The lowest BCUT2D eigenvalue weighted by molar-refractivity contribution is 0.0971. The molecular formula is C22H33N. The first-order valence-corrected chi connectivity index (χ1v) is 9.13. The van der Waals surface area contributed by atoms with Crippen molar-refractivity contribution in [2.75, 3.05) is 0 Å². The van der Waals surface area contributed by atoms with Crippen LogP contribution in [0.2, 0.25) is 0 Å². The molecule has 0 bridgehead atoms. The summed E-state index contributed by atoms with van der Waals surface area (Å²) in [4.78, 5) is 0. The van der Waals surface area contributed by atoms with Gasteiger partial charge in [-0.1, -0.05) is 82.4 Å². The van der Waals surface area contributed by atoms with E-state index in [-0.39, 0.29) is 0 Å². The lowest BCUT2D eigenvalue weighted by Crippen LogP contribution is -2.48. The summed E-state index contributed by atoms with van der Waals surface area (Å²) in [5.41, 5.74) is 3.37. The molecule has 0 unspecified atom stereocenters. The van der Waals surface area contributed by atoms with E-state index in [9.17, 15) is 0 Å². The Morgan fingerprint density at radius 2 is 1.96 bits per heavy atom. The minimum Gasteiger partial charge on any atom is -0.311 e. The van der Waals surface area contributed by atoms with Gasteiger partial charge in [-0.25, -0.2) is 0 Å². The van der Waals surface area contributed by atoms with Gasteiger partial charge in [0.2, 0.25) is 0 Å². The largest absolute Gasteiger partial charge is 0.311 e. The SMILES string of the molecule is C=C\C=C/C(=C\C=C)/C=C(\CC)[C@@H]1C[C@H]1NC1CC(C)(CC)C1. The zero-order valence-electron chi connectivity index (χ0n) is 15.1. The van der Waals surface area contributed by atoms with Crippen molar-refractivity contribution in [2.24, 2.45) is 11.3 Å². The fourth-order valence-corrected chi connectivity index (χ4v) is 3.78. The third-order valence-corrected chi connectivity index (χ3v) is 5.54. The quantitative estimate of drug-likeness (QED) is 0.536. The summed E-state index contributed by atoms with van der Waals surface area (Å²) in [6.45, 7) is 14.6. The van der Waals surface area contributed by atoms with Crippen molar-refractivity contribution in [2.45, 2.75) is 65.0 Å². The molecule has 0 radical (unpaired) electrons. The number of nitrogens with one attached hydrogen (secondary N) is 1. The van der Waals surface area contributed by atoms with Gasteiger partial charge in [-0.3, -0.25) is 0 Å². The molecule has 0 aromatic heterocycles. The van der Waals surface area contributed by atoms with Gasteiger partial charge in [0.15, 0.2) is 0 Å². The second kappa shape index (κ2) is 7.97. The number of hydrogen-bond acceptors (Lipinski definition) is 1. The van der Waals surface area contributed by atoms with Gasteiger partial charge in [0.1, 0.15) is 0 Å². The van der Waals surface area contributed by atoms with Crippen LogP contribution in [0, 0.1) is 11.3 Å². The summed E-state index contributed by atoms with van der Waals surface area (Å²) in [6, 6.07) is 1.44. The van der Waals surface area contributed by atoms with Crippen LogP contribution in [-0.4, -0.2) is 12.1 Å². The van der Waals surface area contributed by atoms with Crippen LogP contribution in [-0.2, 0) is 0 Å². The Kier molecular flexibility index (Phi) is 6.24. The molecule has 1 N–H and O–H groups in total. The van der Waals surface area contributed by atoms with Gasteiger partial charge in [0.25, 0.3) is 0 Å². The van der Waals surface area contributed by atoms with E-state index >= 15 is 0 Å². The lowest BCUT2D eigenvalue weighted by Gasteiger charge is -2.45. The highest BCUT2D eigenvalue weighted by atomic mass is 15.0. The molecule has 0 aromatic carbocycles. The molecule has 2 atom stereocenters. The third-order valence-electron chi connectivity index (χ3n) is 5.54. The highest BCUT2D eigenvalue weighted by molar-refractivity contribution is 5.39. The van der Waals surface area contributed by atoms with Crippen LogP contribution < -0.4 is 5.32 Å². The van der Waals surface area contributed by atoms with Gasteiger partial charge in [0, 0.05) is 12.1 Å². The summed E-state index contributed by atoms with van der Waals surface area (Å²) in [6.07, 6.45) is 18.6.